The van der Waals surface area contributed by atoms with Gasteiger partial charge in [0.05, 0.1) is 14.1 Å². The van der Waals surface area contributed by atoms with Gasteiger partial charge in [-0.2, -0.15) is 0 Å². The van der Waals surface area contributed by atoms with E-state index in [1.807, 2.05) is 0 Å². The highest BCUT2D eigenvalue weighted by molar-refractivity contribution is 4.78. The van der Waals surface area contributed by atoms with Crippen molar-refractivity contribution < 1.29 is 17.3 Å². The lowest BCUT2D eigenvalue weighted by Crippen LogP contribution is -3.00. The molecular weight excluding hydrogens is 302 g/mol. The van der Waals surface area contributed by atoms with Crippen molar-refractivity contribution in [3.8, 4) is 0 Å². The third-order valence-electron chi connectivity index (χ3n) is 4.19. The topological polar surface area (TPSA) is 4.44 Å². The van der Waals surface area contributed by atoms with E-state index in [1.54, 1.807) is 0 Å². The lowest BCUT2D eigenvalue weighted by Gasteiger charge is -2.02. The van der Waals surface area contributed by atoms with Crippen LogP contribution < -0.4 is 17.3 Å². The maximum Gasteiger partial charge on any atom is 0.137 e. The molecule has 0 bridgehead atoms. The zero-order valence-electron chi connectivity index (χ0n) is 16.1. The summed E-state index contributed by atoms with van der Waals surface area (Å²) in [5.41, 5.74) is 3.24. The molecule has 0 rings (SSSR count). The standard InChI is InChI=1S/C21H41N.ClH/c1-4-5-6-7-8-9-10-11-12-13-14-15-16-17-18-19-20-21-22(2)3;/h19,21H,4-18H2,1-3H3;1H. The first-order chi connectivity index (χ1) is 10.8. The average molecular weight is 344 g/mol. The molecule has 0 saturated heterocycles. The summed E-state index contributed by atoms with van der Waals surface area (Å²) < 4.78 is 0. The van der Waals surface area contributed by atoms with Gasteiger partial charge < -0.3 is 17.3 Å². The molecule has 0 aliphatic carbocycles. The summed E-state index contributed by atoms with van der Waals surface area (Å²) in [6.45, 7) is 2.29. The Labute approximate surface area is 153 Å². The highest BCUT2D eigenvalue weighted by Crippen LogP contribution is 2.13. The number of halogens is 1. The first-order valence-corrected chi connectivity index (χ1v) is 9.98. The zero-order chi connectivity index (χ0) is 16.3. The fourth-order valence-corrected chi connectivity index (χ4v) is 2.75. The minimum absolute atomic E-state index is 0. The molecule has 0 aromatic carbocycles. The highest BCUT2D eigenvalue weighted by Gasteiger charge is 1.93. The van der Waals surface area contributed by atoms with Gasteiger partial charge >= 0.3 is 0 Å². The molecule has 138 valence electrons. The quantitative estimate of drug-likeness (QED) is 0.324. The number of nitrogens with one attached hydrogen (secondary N) is 1. The Bertz CT molecular complexity index is 267. The lowest BCUT2D eigenvalue weighted by atomic mass is 10.0. The van der Waals surface area contributed by atoms with Gasteiger partial charge in [-0.15, -0.1) is 0 Å². The summed E-state index contributed by atoms with van der Waals surface area (Å²) in [5.74, 6) is 0. The van der Waals surface area contributed by atoms with E-state index in [1.165, 1.54) is 101 Å². The number of hydrogen-bond donors (Lipinski definition) is 1. The van der Waals surface area contributed by atoms with E-state index in [2.05, 4.69) is 39.0 Å². The highest BCUT2D eigenvalue weighted by atomic mass is 35.5. The van der Waals surface area contributed by atoms with Crippen LogP contribution >= 0.6 is 0 Å². The molecule has 0 atom stereocenters. The van der Waals surface area contributed by atoms with Crippen LogP contribution in [0, 0.1) is 0 Å². The van der Waals surface area contributed by atoms with Crippen molar-refractivity contribution >= 4 is 0 Å². The van der Waals surface area contributed by atoms with E-state index in [0.717, 1.165) is 0 Å². The second kappa shape index (κ2) is 21.8. The summed E-state index contributed by atoms with van der Waals surface area (Å²) in [7, 11) is 4.24. The van der Waals surface area contributed by atoms with Gasteiger partial charge in [0.1, 0.15) is 6.20 Å². The summed E-state index contributed by atoms with van der Waals surface area (Å²) >= 11 is 0. The van der Waals surface area contributed by atoms with E-state index in [9.17, 15) is 0 Å². The molecule has 0 unspecified atom stereocenters. The first-order valence-electron chi connectivity index (χ1n) is 9.98. The molecule has 0 radical (unpaired) electrons. The largest absolute Gasteiger partial charge is 1.00 e. The summed E-state index contributed by atoms with van der Waals surface area (Å²) in [6.07, 6.45) is 25.6. The predicted molar refractivity (Wildman–Crippen MR) is 100 cm³/mol. The number of hydrogen-bond acceptors (Lipinski definition) is 0. The molecule has 0 amide bonds. The van der Waals surface area contributed by atoms with Crippen LogP contribution in [0.15, 0.2) is 18.0 Å². The number of allylic oxidation sites excluding steroid dienone is 1. The fourth-order valence-electron chi connectivity index (χ4n) is 2.75. The molecule has 0 saturated carbocycles. The molecule has 0 aromatic rings. The van der Waals surface area contributed by atoms with Crippen LogP contribution in [0.4, 0.5) is 0 Å². The molecule has 0 fully saturated rings. The van der Waals surface area contributed by atoms with Gasteiger partial charge in [-0.3, -0.25) is 0 Å². The van der Waals surface area contributed by atoms with Crippen LogP contribution in [-0.2, 0) is 0 Å². The van der Waals surface area contributed by atoms with Crippen molar-refractivity contribution in [2.45, 2.75) is 103 Å². The van der Waals surface area contributed by atoms with Gasteiger partial charge in [-0.05, 0) is 18.9 Å². The molecule has 0 heterocycles. The molecular formula is C21H42ClN. The van der Waals surface area contributed by atoms with Crippen LogP contribution in [-0.4, -0.2) is 14.1 Å². The molecule has 1 N–H and O–H groups in total. The fraction of sp³-hybridized carbons (Fsp3) is 0.857. The summed E-state index contributed by atoms with van der Waals surface area (Å²) in [4.78, 5) is 1.33. The Balaban J connectivity index is 0. The minimum Gasteiger partial charge on any atom is -1.00 e. The van der Waals surface area contributed by atoms with Crippen LogP contribution in [0.3, 0.4) is 0 Å². The molecule has 23 heavy (non-hydrogen) atoms. The van der Waals surface area contributed by atoms with Gasteiger partial charge in [-0.1, -0.05) is 96.1 Å². The van der Waals surface area contributed by atoms with Crippen molar-refractivity contribution in [1.29, 1.82) is 0 Å². The van der Waals surface area contributed by atoms with E-state index >= 15 is 0 Å². The van der Waals surface area contributed by atoms with Gasteiger partial charge in [-0.25, -0.2) is 0 Å². The Hall–Kier alpha value is -0.230. The number of rotatable bonds is 16. The molecule has 2 heteroatoms. The van der Waals surface area contributed by atoms with Crippen molar-refractivity contribution in [2.24, 2.45) is 0 Å². The third-order valence-corrected chi connectivity index (χ3v) is 4.19. The van der Waals surface area contributed by atoms with Crippen molar-refractivity contribution in [3.05, 3.63) is 18.0 Å². The number of quaternary nitrogens is 1. The number of unbranched alkanes of at least 4 members (excludes halogenated alkanes) is 14. The van der Waals surface area contributed by atoms with E-state index < -0.39 is 0 Å². The molecule has 0 aliphatic rings. The predicted octanol–water partition coefficient (Wildman–Crippen LogP) is 2.68. The maximum absolute atomic E-state index is 3.24. The molecule has 0 aliphatic heterocycles. The smallest absolute Gasteiger partial charge is 0.137 e. The van der Waals surface area contributed by atoms with Gasteiger partial charge in [0.2, 0.25) is 0 Å². The molecule has 0 spiro atoms. The van der Waals surface area contributed by atoms with Crippen molar-refractivity contribution in [3.63, 3.8) is 0 Å². The Morgan fingerprint density at radius 3 is 1.43 bits per heavy atom. The second-order valence-electron chi connectivity index (χ2n) is 6.98. The average Bonchev–Trinajstić information content (AvgIpc) is 2.50. The molecule has 0 aromatic heterocycles. The van der Waals surface area contributed by atoms with Crippen LogP contribution in [0.5, 0.6) is 0 Å². The Kier molecular flexibility index (Phi) is 23.7. The maximum atomic E-state index is 3.24. The monoisotopic (exact) mass is 343 g/mol. The molecule has 1 nitrogen and oxygen atoms in total. The van der Waals surface area contributed by atoms with Gasteiger partial charge in [0.25, 0.3) is 0 Å². The van der Waals surface area contributed by atoms with Crippen molar-refractivity contribution in [2.75, 3.05) is 14.1 Å². The van der Waals surface area contributed by atoms with Gasteiger partial charge in [0, 0.05) is 0 Å². The zero-order valence-corrected chi connectivity index (χ0v) is 16.9. The lowest BCUT2D eigenvalue weighted by molar-refractivity contribution is -0.801. The summed E-state index contributed by atoms with van der Waals surface area (Å²) in [6, 6.07) is 0. The Morgan fingerprint density at radius 1 is 0.652 bits per heavy atom. The SMILES string of the molecule is CCCCCCCCCCCCCCCCC=C=C[NH+](C)C.[Cl-]. The minimum atomic E-state index is 0. The first kappa shape index (κ1) is 25.0. The second-order valence-corrected chi connectivity index (χ2v) is 6.98. The Morgan fingerprint density at radius 2 is 1.04 bits per heavy atom. The third kappa shape index (κ3) is 24.2. The van der Waals surface area contributed by atoms with Crippen LogP contribution in [0.2, 0.25) is 0 Å². The van der Waals surface area contributed by atoms with Gasteiger partial charge in [0.15, 0.2) is 0 Å². The van der Waals surface area contributed by atoms with Crippen LogP contribution in [0.25, 0.3) is 0 Å². The normalized spacial score (nSPS) is 10.3. The van der Waals surface area contributed by atoms with E-state index in [4.69, 9.17) is 0 Å². The summed E-state index contributed by atoms with van der Waals surface area (Å²) in [5, 5.41) is 0. The van der Waals surface area contributed by atoms with Crippen molar-refractivity contribution in [1.82, 2.24) is 0 Å². The van der Waals surface area contributed by atoms with E-state index in [-0.39, 0.29) is 12.4 Å². The van der Waals surface area contributed by atoms with E-state index in [0.29, 0.717) is 0 Å². The van der Waals surface area contributed by atoms with Crippen LogP contribution in [0.1, 0.15) is 103 Å².